The molecule has 1 aliphatic carbocycles. The number of pyridine rings is 1. The predicted octanol–water partition coefficient (Wildman–Crippen LogP) is 4.91. The van der Waals surface area contributed by atoms with Crippen molar-refractivity contribution in [2.45, 2.75) is 31.7 Å². The fourth-order valence-electron chi connectivity index (χ4n) is 4.50. The Hall–Kier alpha value is -3.74. The van der Waals surface area contributed by atoms with Gasteiger partial charge in [-0.25, -0.2) is 4.98 Å². The highest BCUT2D eigenvalue weighted by Gasteiger charge is 2.27. The van der Waals surface area contributed by atoms with Crippen LogP contribution in [0.2, 0.25) is 0 Å². The second-order valence-electron chi connectivity index (χ2n) is 8.23. The molecule has 3 aromatic rings. The zero-order valence-corrected chi connectivity index (χ0v) is 17.5. The van der Waals surface area contributed by atoms with Gasteiger partial charge in [-0.1, -0.05) is 30.7 Å². The Morgan fingerprint density at radius 2 is 1.88 bits per heavy atom. The smallest absolute Gasteiger partial charge is 0.306 e. The molecular weight excluding hydrogens is 408 g/mol. The molecule has 1 fully saturated rings. The van der Waals surface area contributed by atoms with Crippen LogP contribution in [0.4, 0.5) is 5.82 Å². The van der Waals surface area contributed by atoms with Crippen LogP contribution >= 0.6 is 0 Å². The zero-order chi connectivity index (χ0) is 22.1. The Balaban J connectivity index is 1.56. The highest BCUT2D eigenvalue weighted by atomic mass is 16.7. The van der Waals surface area contributed by atoms with Crippen LogP contribution in [-0.4, -0.2) is 34.0 Å². The first-order chi connectivity index (χ1) is 15.6. The van der Waals surface area contributed by atoms with Crippen LogP contribution in [0.15, 0.2) is 54.6 Å². The summed E-state index contributed by atoms with van der Waals surface area (Å²) in [6, 6.07) is 16.7. The summed E-state index contributed by atoms with van der Waals surface area (Å²) in [5, 5.41) is 23.3. The predicted molar refractivity (Wildman–Crippen MR) is 120 cm³/mol. The Labute approximate surface area is 185 Å². The van der Waals surface area contributed by atoms with E-state index in [1.165, 1.54) is 0 Å². The Bertz CT molecular complexity index is 1160. The van der Waals surface area contributed by atoms with Gasteiger partial charge in [-0.2, -0.15) is 0 Å². The Morgan fingerprint density at radius 1 is 1.03 bits per heavy atom. The number of nitrogens with one attached hydrogen (secondary N) is 1. The third-order valence-corrected chi connectivity index (χ3v) is 6.09. The van der Waals surface area contributed by atoms with Crippen LogP contribution in [0.25, 0.3) is 22.4 Å². The number of para-hydroxylation sites is 2. The summed E-state index contributed by atoms with van der Waals surface area (Å²) in [5.41, 5.74) is 2.97. The van der Waals surface area contributed by atoms with Crippen molar-refractivity contribution in [3.63, 3.8) is 0 Å². The second-order valence-corrected chi connectivity index (χ2v) is 8.23. The molecule has 0 bridgehead atoms. The lowest BCUT2D eigenvalue weighted by molar-refractivity contribution is -0.142. The van der Waals surface area contributed by atoms with Gasteiger partial charge in [0.2, 0.25) is 6.79 Å². The molecule has 5 rings (SSSR count). The Kier molecular flexibility index (Phi) is 5.31. The number of hydrogen-bond acceptors (Lipinski definition) is 6. The molecule has 2 heterocycles. The van der Waals surface area contributed by atoms with Crippen molar-refractivity contribution in [3.05, 3.63) is 54.6 Å². The van der Waals surface area contributed by atoms with E-state index in [0.717, 1.165) is 24.0 Å². The van der Waals surface area contributed by atoms with Crippen molar-refractivity contribution in [1.29, 1.82) is 0 Å². The van der Waals surface area contributed by atoms with E-state index in [4.69, 9.17) is 14.5 Å². The number of aromatic nitrogens is 1. The van der Waals surface area contributed by atoms with Gasteiger partial charge in [0.15, 0.2) is 11.5 Å². The highest BCUT2D eigenvalue weighted by molar-refractivity contribution is 5.80. The molecule has 3 N–H and O–H groups in total. The first-order valence-electron chi connectivity index (χ1n) is 10.8. The number of ether oxygens (including phenoxy) is 2. The number of carboxylic acid groups (broad SMARTS) is 1. The molecule has 7 nitrogen and oxygen atoms in total. The molecule has 2 atom stereocenters. The first kappa shape index (κ1) is 20.2. The van der Waals surface area contributed by atoms with Gasteiger partial charge in [-0.15, -0.1) is 0 Å². The van der Waals surface area contributed by atoms with Gasteiger partial charge < -0.3 is 25.0 Å². The fourth-order valence-corrected chi connectivity index (χ4v) is 4.50. The quantitative estimate of drug-likeness (QED) is 0.527. The second kappa shape index (κ2) is 8.42. The molecule has 0 saturated heterocycles. The number of rotatable bonds is 5. The van der Waals surface area contributed by atoms with E-state index < -0.39 is 5.97 Å². The van der Waals surface area contributed by atoms with Crippen LogP contribution in [0.1, 0.15) is 25.7 Å². The summed E-state index contributed by atoms with van der Waals surface area (Å²) in [6.07, 6.45) is 3.01. The van der Waals surface area contributed by atoms with Gasteiger partial charge >= 0.3 is 5.97 Å². The minimum Gasteiger partial charge on any atom is -0.507 e. The SMILES string of the molecule is O=C(O)C1CCCC(Nc2cc(-c3cccc4c3OCO4)cc(-c3ccccc3O)n2)C1. The van der Waals surface area contributed by atoms with E-state index in [2.05, 4.69) is 5.32 Å². The van der Waals surface area contributed by atoms with Crippen molar-refractivity contribution in [2.75, 3.05) is 12.1 Å². The molecule has 1 aliphatic heterocycles. The number of phenols is 1. The van der Waals surface area contributed by atoms with E-state index in [1.54, 1.807) is 12.1 Å². The van der Waals surface area contributed by atoms with Crippen LogP contribution in [-0.2, 0) is 4.79 Å². The Morgan fingerprint density at radius 3 is 2.72 bits per heavy atom. The minimum absolute atomic E-state index is 0.0193. The topological polar surface area (TPSA) is 101 Å². The molecule has 0 spiro atoms. The van der Waals surface area contributed by atoms with Crippen molar-refractivity contribution < 1.29 is 24.5 Å². The van der Waals surface area contributed by atoms with Gasteiger partial charge in [0, 0.05) is 17.2 Å². The van der Waals surface area contributed by atoms with Gasteiger partial charge in [-0.05, 0) is 55.2 Å². The minimum atomic E-state index is -0.745. The van der Waals surface area contributed by atoms with Gasteiger partial charge in [0.25, 0.3) is 0 Å². The van der Waals surface area contributed by atoms with Crippen LogP contribution in [0.3, 0.4) is 0 Å². The average molecular weight is 432 g/mol. The van der Waals surface area contributed by atoms with Crippen molar-refractivity contribution in [1.82, 2.24) is 4.98 Å². The number of nitrogens with zero attached hydrogens (tertiary/aromatic N) is 1. The van der Waals surface area contributed by atoms with Crippen molar-refractivity contribution in [2.24, 2.45) is 5.92 Å². The summed E-state index contributed by atoms with van der Waals surface area (Å²) in [7, 11) is 0. The van der Waals surface area contributed by atoms with E-state index in [9.17, 15) is 15.0 Å². The van der Waals surface area contributed by atoms with Gasteiger partial charge in [0.05, 0.1) is 11.6 Å². The molecule has 0 amide bonds. The maximum atomic E-state index is 11.5. The summed E-state index contributed by atoms with van der Waals surface area (Å²) in [6.45, 7) is 0.174. The number of fused-ring (bicyclic) bond motifs is 1. The van der Waals surface area contributed by atoms with Crippen molar-refractivity contribution >= 4 is 11.8 Å². The summed E-state index contributed by atoms with van der Waals surface area (Å²) in [5.74, 6) is 1.05. The number of phenolic OH excluding ortho intramolecular Hbond substituents is 1. The van der Waals surface area contributed by atoms with E-state index in [-0.39, 0.29) is 24.5 Å². The third-order valence-electron chi connectivity index (χ3n) is 6.09. The van der Waals surface area contributed by atoms with Crippen LogP contribution < -0.4 is 14.8 Å². The average Bonchev–Trinajstić information content (AvgIpc) is 3.28. The summed E-state index contributed by atoms with van der Waals surface area (Å²) in [4.78, 5) is 16.2. The number of benzene rings is 2. The molecule has 2 aromatic carbocycles. The lowest BCUT2D eigenvalue weighted by atomic mass is 9.86. The number of aliphatic carboxylic acids is 1. The molecule has 164 valence electrons. The largest absolute Gasteiger partial charge is 0.507 e. The third kappa shape index (κ3) is 3.93. The molecule has 1 saturated carbocycles. The number of carbonyl (C=O) groups is 1. The van der Waals surface area contributed by atoms with Crippen molar-refractivity contribution in [3.8, 4) is 39.6 Å². The van der Waals surface area contributed by atoms with Gasteiger partial charge in [-0.3, -0.25) is 4.79 Å². The molecular formula is C25H24N2O5. The fraction of sp³-hybridized carbons (Fsp3) is 0.280. The van der Waals surface area contributed by atoms with Gasteiger partial charge in [0.1, 0.15) is 11.6 Å². The highest BCUT2D eigenvalue weighted by Crippen LogP contribution is 2.43. The normalized spacial score (nSPS) is 19.5. The number of aromatic hydroxyl groups is 1. The molecule has 2 aliphatic rings. The van der Waals surface area contributed by atoms with E-state index >= 15 is 0 Å². The van der Waals surface area contributed by atoms with E-state index in [0.29, 0.717) is 41.4 Å². The monoisotopic (exact) mass is 432 g/mol. The summed E-state index contributed by atoms with van der Waals surface area (Å²) < 4.78 is 11.2. The maximum Gasteiger partial charge on any atom is 0.306 e. The lowest BCUT2D eigenvalue weighted by Gasteiger charge is -2.28. The van der Waals surface area contributed by atoms with Crippen LogP contribution in [0, 0.1) is 5.92 Å². The molecule has 2 unspecified atom stereocenters. The maximum absolute atomic E-state index is 11.5. The first-order valence-corrected chi connectivity index (χ1v) is 10.8. The van der Waals surface area contributed by atoms with Crippen LogP contribution in [0.5, 0.6) is 17.2 Å². The standard InChI is InChI=1S/C25H24N2O5/c28-21-9-2-1-7-19(21)20-12-16(18-8-4-10-22-24(18)32-14-31-22)13-23(27-20)26-17-6-3-5-15(11-17)25(29)30/h1-2,4,7-10,12-13,15,17,28H,3,5-6,11,14H2,(H,26,27)(H,29,30). The van der Waals surface area contributed by atoms with E-state index in [1.807, 2.05) is 42.5 Å². The molecule has 7 heteroatoms. The molecule has 0 radical (unpaired) electrons. The lowest BCUT2D eigenvalue weighted by Crippen LogP contribution is -2.31. The molecule has 1 aromatic heterocycles. The molecule has 32 heavy (non-hydrogen) atoms. The zero-order valence-electron chi connectivity index (χ0n) is 17.5. The number of anilines is 1. The summed E-state index contributed by atoms with van der Waals surface area (Å²) >= 11 is 0. The number of carboxylic acids is 1. The number of hydrogen-bond donors (Lipinski definition) is 3.